The zero-order valence-corrected chi connectivity index (χ0v) is 8.39. The normalized spacial score (nSPS) is 15.5. The van der Waals surface area contributed by atoms with Gasteiger partial charge in [-0.2, -0.15) is 0 Å². The van der Waals surface area contributed by atoms with Crippen molar-refractivity contribution in [3.8, 4) is 0 Å². The maximum Gasteiger partial charge on any atom is 0.0639 e. The third-order valence-corrected chi connectivity index (χ3v) is 2.44. The highest BCUT2D eigenvalue weighted by Crippen LogP contribution is 2.15. The van der Waals surface area contributed by atoms with Gasteiger partial charge in [0.25, 0.3) is 0 Å². The van der Waals surface area contributed by atoms with Crippen molar-refractivity contribution in [1.29, 1.82) is 0 Å². The molecule has 0 fully saturated rings. The predicted octanol–water partition coefficient (Wildman–Crippen LogP) is 1.49. The van der Waals surface area contributed by atoms with Crippen LogP contribution in [0.25, 0.3) is 0 Å². The highest BCUT2D eigenvalue weighted by atomic mass is 16.3. The first-order valence-corrected chi connectivity index (χ1v) is 4.29. The van der Waals surface area contributed by atoms with E-state index in [-0.39, 0.29) is 11.6 Å². The van der Waals surface area contributed by atoms with Crippen LogP contribution in [0, 0.1) is 0 Å². The SMILES string of the molecule is CCC(C)(C)N(C)C[C@H](C)O. The molecule has 2 nitrogen and oxygen atoms in total. The van der Waals surface area contributed by atoms with Crippen LogP contribution in [0.1, 0.15) is 34.1 Å². The number of rotatable bonds is 4. The minimum absolute atomic E-state index is 0.205. The maximum absolute atomic E-state index is 9.14. The molecule has 0 saturated heterocycles. The Balaban J connectivity index is 3.90. The minimum Gasteiger partial charge on any atom is -0.392 e. The first kappa shape index (κ1) is 10.9. The zero-order valence-electron chi connectivity index (χ0n) is 8.39. The number of aliphatic hydroxyl groups excluding tert-OH is 1. The smallest absolute Gasteiger partial charge is 0.0639 e. The summed E-state index contributed by atoms with van der Waals surface area (Å²) >= 11 is 0. The van der Waals surface area contributed by atoms with E-state index < -0.39 is 0 Å². The van der Waals surface area contributed by atoms with Crippen LogP contribution >= 0.6 is 0 Å². The fourth-order valence-corrected chi connectivity index (χ4v) is 0.913. The first-order valence-electron chi connectivity index (χ1n) is 4.29. The molecule has 0 radical (unpaired) electrons. The van der Waals surface area contributed by atoms with Crippen LogP contribution in [0.5, 0.6) is 0 Å². The molecule has 0 aliphatic carbocycles. The Kier molecular flexibility index (Phi) is 4.04. The molecule has 0 saturated carbocycles. The molecule has 0 aromatic carbocycles. The second-order valence-electron chi connectivity index (χ2n) is 3.90. The van der Waals surface area contributed by atoms with Crippen molar-refractivity contribution in [3.63, 3.8) is 0 Å². The fraction of sp³-hybridized carbons (Fsp3) is 1.00. The molecule has 68 valence electrons. The molecule has 0 bridgehead atoms. The van der Waals surface area contributed by atoms with E-state index in [2.05, 4.69) is 32.7 Å². The molecule has 0 spiro atoms. The third-order valence-electron chi connectivity index (χ3n) is 2.44. The van der Waals surface area contributed by atoms with Crippen molar-refractivity contribution < 1.29 is 5.11 Å². The van der Waals surface area contributed by atoms with E-state index in [0.717, 1.165) is 13.0 Å². The monoisotopic (exact) mass is 159 g/mol. The molecular formula is C9H21NO. The van der Waals surface area contributed by atoms with E-state index in [1.165, 1.54) is 0 Å². The quantitative estimate of drug-likeness (QED) is 0.671. The largest absolute Gasteiger partial charge is 0.392 e. The van der Waals surface area contributed by atoms with E-state index in [1.807, 2.05) is 6.92 Å². The number of hydrogen-bond donors (Lipinski definition) is 1. The van der Waals surface area contributed by atoms with Gasteiger partial charge in [0.1, 0.15) is 0 Å². The molecule has 1 N–H and O–H groups in total. The third kappa shape index (κ3) is 3.73. The summed E-state index contributed by atoms with van der Waals surface area (Å²) in [4.78, 5) is 2.19. The number of hydrogen-bond acceptors (Lipinski definition) is 2. The van der Waals surface area contributed by atoms with Gasteiger partial charge in [-0.15, -0.1) is 0 Å². The van der Waals surface area contributed by atoms with Gasteiger partial charge >= 0.3 is 0 Å². The van der Waals surface area contributed by atoms with Gasteiger partial charge in [0.05, 0.1) is 6.10 Å². The van der Waals surface area contributed by atoms with Gasteiger partial charge in [-0.25, -0.2) is 0 Å². The van der Waals surface area contributed by atoms with Gasteiger partial charge in [-0.1, -0.05) is 6.92 Å². The Morgan fingerprint density at radius 2 is 1.91 bits per heavy atom. The molecule has 0 unspecified atom stereocenters. The van der Waals surface area contributed by atoms with Crippen LogP contribution in [-0.4, -0.2) is 35.2 Å². The highest BCUT2D eigenvalue weighted by Gasteiger charge is 2.21. The number of nitrogens with zero attached hydrogens (tertiary/aromatic N) is 1. The molecule has 0 rings (SSSR count). The standard InChI is InChI=1S/C9H21NO/c1-6-9(3,4)10(5)7-8(2)11/h8,11H,6-7H2,1-5H3/t8-/m0/s1. The van der Waals surface area contributed by atoms with Gasteiger partial charge in [0.15, 0.2) is 0 Å². The van der Waals surface area contributed by atoms with Crippen LogP contribution in [0.15, 0.2) is 0 Å². The van der Waals surface area contributed by atoms with Crippen LogP contribution in [0.3, 0.4) is 0 Å². The topological polar surface area (TPSA) is 23.5 Å². The maximum atomic E-state index is 9.14. The van der Waals surface area contributed by atoms with Crippen molar-refractivity contribution in [2.45, 2.75) is 45.8 Å². The van der Waals surface area contributed by atoms with Crippen LogP contribution in [-0.2, 0) is 0 Å². The van der Waals surface area contributed by atoms with Gasteiger partial charge in [0, 0.05) is 12.1 Å². The molecule has 0 aliphatic heterocycles. The lowest BCUT2D eigenvalue weighted by Crippen LogP contribution is -2.43. The Morgan fingerprint density at radius 1 is 1.45 bits per heavy atom. The summed E-state index contributed by atoms with van der Waals surface area (Å²) in [6, 6.07) is 0. The van der Waals surface area contributed by atoms with Gasteiger partial charge in [-0.05, 0) is 34.2 Å². The number of aliphatic hydroxyl groups is 1. The first-order chi connectivity index (χ1) is 4.90. The van der Waals surface area contributed by atoms with Gasteiger partial charge < -0.3 is 5.11 Å². The van der Waals surface area contributed by atoms with E-state index in [4.69, 9.17) is 5.11 Å². The molecule has 0 amide bonds. The summed E-state index contributed by atoms with van der Waals surface area (Å²) < 4.78 is 0. The molecule has 11 heavy (non-hydrogen) atoms. The Bertz CT molecular complexity index is 110. The highest BCUT2D eigenvalue weighted by molar-refractivity contribution is 4.77. The second kappa shape index (κ2) is 4.07. The summed E-state index contributed by atoms with van der Waals surface area (Å²) in [7, 11) is 2.05. The number of likely N-dealkylation sites (N-methyl/N-ethyl adjacent to an activating group) is 1. The fourth-order valence-electron chi connectivity index (χ4n) is 0.913. The van der Waals surface area contributed by atoms with Crippen molar-refractivity contribution in [2.75, 3.05) is 13.6 Å². The lowest BCUT2D eigenvalue weighted by Gasteiger charge is -2.35. The molecule has 0 heterocycles. The van der Waals surface area contributed by atoms with Crippen molar-refractivity contribution >= 4 is 0 Å². The van der Waals surface area contributed by atoms with E-state index in [9.17, 15) is 0 Å². The van der Waals surface area contributed by atoms with Crippen LogP contribution < -0.4 is 0 Å². The average Bonchev–Trinajstić information content (AvgIpc) is 1.86. The van der Waals surface area contributed by atoms with Gasteiger partial charge in [0.2, 0.25) is 0 Å². The van der Waals surface area contributed by atoms with E-state index >= 15 is 0 Å². The summed E-state index contributed by atoms with van der Waals surface area (Å²) in [5.74, 6) is 0. The lowest BCUT2D eigenvalue weighted by atomic mass is 10.00. The van der Waals surface area contributed by atoms with Crippen molar-refractivity contribution in [2.24, 2.45) is 0 Å². The summed E-state index contributed by atoms with van der Waals surface area (Å²) in [5, 5.41) is 9.14. The summed E-state index contributed by atoms with van der Waals surface area (Å²) in [6.45, 7) is 9.12. The van der Waals surface area contributed by atoms with Gasteiger partial charge in [-0.3, -0.25) is 4.90 Å². The number of β-amino-alcohol motifs (C(OH)–C–C–N with tert-alkyl or cyclic N) is 1. The van der Waals surface area contributed by atoms with E-state index in [1.54, 1.807) is 0 Å². The molecular weight excluding hydrogens is 138 g/mol. The molecule has 2 heteroatoms. The molecule has 0 aliphatic rings. The van der Waals surface area contributed by atoms with Crippen LogP contribution in [0.4, 0.5) is 0 Å². The Morgan fingerprint density at radius 3 is 2.18 bits per heavy atom. The predicted molar refractivity (Wildman–Crippen MR) is 48.7 cm³/mol. The Labute approximate surface area is 70.2 Å². The Hall–Kier alpha value is -0.0800. The second-order valence-corrected chi connectivity index (χ2v) is 3.90. The van der Waals surface area contributed by atoms with Crippen molar-refractivity contribution in [3.05, 3.63) is 0 Å². The zero-order chi connectivity index (χ0) is 9.07. The average molecular weight is 159 g/mol. The minimum atomic E-state index is -0.231. The molecule has 0 aromatic heterocycles. The van der Waals surface area contributed by atoms with E-state index in [0.29, 0.717) is 0 Å². The summed E-state index contributed by atoms with van der Waals surface area (Å²) in [6.07, 6.45) is 0.877. The summed E-state index contributed by atoms with van der Waals surface area (Å²) in [5.41, 5.74) is 0.205. The lowest BCUT2D eigenvalue weighted by molar-refractivity contribution is 0.0781. The van der Waals surface area contributed by atoms with Crippen molar-refractivity contribution in [1.82, 2.24) is 4.90 Å². The van der Waals surface area contributed by atoms with Crippen LogP contribution in [0.2, 0.25) is 0 Å². The molecule has 1 atom stereocenters. The molecule has 0 aromatic rings.